The van der Waals surface area contributed by atoms with Gasteiger partial charge in [-0.25, -0.2) is 0 Å². The van der Waals surface area contributed by atoms with Crippen molar-refractivity contribution in [2.45, 2.75) is 0 Å². The van der Waals surface area contributed by atoms with E-state index >= 15 is 0 Å². The van der Waals surface area contributed by atoms with Gasteiger partial charge in [-0.1, -0.05) is 127 Å². The Labute approximate surface area is 317 Å². The van der Waals surface area contributed by atoms with E-state index in [4.69, 9.17) is 4.74 Å². The van der Waals surface area contributed by atoms with Crippen molar-refractivity contribution in [2.24, 2.45) is 0 Å². The average molecular weight is 701 g/mol. The van der Waals surface area contributed by atoms with E-state index in [1.807, 2.05) is 6.07 Å². The van der Waals surface area contributed by atoms with Crippen LogP contribution < -0.4 is 4.74 Å². The molecular formula is C52H32N2O. The molecule has 0 amide bonds. The van der Waals surface area contributed by atoms with E-state index < -0.39 is 0 Å². The lowest BCUT2D eigenvalue weighted by molar-refractivity contribution is 0.487. The van der Waals surface area contributed by atoms with Gasteiger partial charge in [0.15, 0.2) is 0 Å². The van der Waals surface area contributed by atoms with Gasteiger partial charge in [0, 0.05) is 49.9 Å². The van der Waals surface area contributed by atoms with Crippen LogP contribution in [-0.2, 0) is 0 Å². The molecule has 0 atom stereocenters. The number of benzene rings is 9. The Hall–Kier alpha value is -7.36. The van der Waals surface area contributed by atoms with Gasteiger partial charge in [0.1, 0.15) is 11.5 Å². The largest absolute Gasteiger partial charge is 0.456 e. The van der Waals surface area contributed by atoms with Crippen molar-refractivity contribution in [3.63, 3.8) is 0 Å². The fourth-order valence-electron chi connectivity index (χ4n) is 9.05. The molecule has 0 aliphatic carbocycles. The Kier molecular flexibility index (Phi) is 6.34. The van der Waals surface area contributed by atoms with Gasteiger partial charge in [0.25, 0.3) is 0 Å². The number of ether oxygens (including phenoxy) is 1. The van der Waals surface area contributed by atoms with Gasteiger partial charge < -0.3 is 13.9 Å². The van der Waals surface area contributed by atoms with Crippen LogP contribution >= 0.6 is 0 Å². The van der Waals surface area contributed by atoms with Gasteiger partial charge in [0.2, 0.25) is 0 Å². The van der Waals surface area contributed by atoms with Crippen LogP contribution in [0.1, 0.15) is 0 Å². The maximum absolute atomic E-state index is 6.65. The molecule has 1 aliphatic rings. The SMILES string of the molecule is c1ccc(-c2ccc3c(c2)c2cc(-c4ccccc4)ccc2n3-c2ccc(-n3c4ccccc4c4c5cccc6c5c(cc43)Oc3ccccc3-6)cc2)cc1. The maximum atomic E-state index is 6.65. The number of rotatable bonds is 4. The molecular weight excluding hydrogens is 669 g/mol. The minimum atomic E-state index is 0.895. The standard InChI is InChI=1S/C52H32N2O/c1-3-12-33(13-4-1)35-22-28-46-43(30-35)44-31-36(34-14-5-2-6-15-34)23-29-47(44)53(46)37-24-26-38(27-25-37)54-45-20-9-7-17-41(45)51-42-19-11-18-40-39-16-8-10-21-49(39)55-50(52(40)42)32-48(51)54/h1-32H. The van der Waals surface area contributed by atoms with E-state index in [2.05, 4.69) is 197 Å². The Balaban J connectivity index is 1.06. The first-order valence-electron chi connectivity index (χ1n) is 18.8. The second-order valence-corrected chi connectivity index (χ2v) is 14.5. The number of fused-ring (bicyclic) bond motifs is 9. The number of hydrogen-bond acceptors (Lipinski definition) is 1. The molecule has 3 heterocycles. The highest BCUT2D eigenvalue weighted by atomic mass is 16.5. The average Bonchev–Trinajstić information content (AvgIpc) is 3.76. The minimum absolute atomic E-state index is 0.895. The van der Waals surface area contributed by atoms with Crippen molar-refractivity contribution in [1.29, 1.82) is 0 Å². The molecule has 1 aliphatic heterocycles. The van der Waals surface area contributed by atoms with Gasteiger partial charge >= 0.3 is 0 Å². The summed E-state index contributed by atoms with van der Waals surface area (Å²) in [5.41, 5.74) is 14.1. The topological polar surface area (TPSA) is 19.1 Å². The summed E-state index contributed by atoms with van der Waals surface area (Å²) in [5, 5.41) is 7.33. The highest BCUT2D eigenvalue weighted by Crippen LogP contribution is 2.50. The lowest BCUT2D eigenvalue weighted by Crippen LogP contribution is -1.99. The molecule has 3 nitrogen and oxygen atoms in total. The summed E-state index contributed by atoms with van der Waals surface area (Å²) in [7, 11) is 0. The van der Waals surface area contributed by atoms with Crippen LogP contribution in [0.2, 0.25) is 0 Å². The molecule has 11 aromatic rings. The smallest absolute Gasteiger partial charge is 0.138 e. The first kappa shape index (κ1) is 30.1. The lowest BCUT2D eigenvalue weighted by atomic mass is 9.92. The van der Waals surface area contributed by atoms with Crippen molar-refractivity contribution in [1.82, 2.24) is 9.13 Å². The third-order valence-corrected chi connectivity index (χ3v) is 11.5. The summed E-state index contributed by atoms with van der Waals surface area (Å²) in [6, 6.07) is 70.1. The van der Waals surface area contributed by atoms with Gasteiger partial charge in [-0.3, -0.25) is 0 Å². The highest BCUT2D eigenvalue weighted by molar-refractivity contribution is 6.25. The Bertz CT molecular complexity index is 3220. The molecule has 0 fully saturated rings. The van der Waals surface area contributed by atoms with E-state index in [-0.39, 0.29) is 0 Å². The van der Waals surface area contributed by atoms with Crippen molar-refractivity contribution < 1.29 is 4.74 Å². The first-order valence-corrected chi connectivity index (χ1v) is 18.8. The monoisotopic (exact) mass is 700 g/mol. The number of aromatic nitrogens is 2. The number of para-hydroxylation sites is 2. The molecule has 9 aromatic carbocycles. The summed E-state index contributed by atoms with van der Waals surface area (Å²) >= 11 is 0. The van der Waals surface area contributed by atoms with Crippen LogP contribution in [0.4, 0.5) is 0 Å². The molecule has 0 radical (unpaired) electrons. The van der Waals surface area contributed by atoms with Gasteiger partial charge in [-0.2, -0.15) is 0 Å². The zero-order valence-electron chi connectivity index (χ0n) is 29.8. The van der Waals surface area contributed by atoms with Crippen LogP contribution in [-0.4, -0.2) is 9.13 Å². The van der Waals surface area contributed by atoms with Crippen molar-refractivity contribution >= 4 is 54.4 Å². The van der Waals surface area contributed by atoms with E-state index in [1.54, 1.807) is 0 Å². The fraction of sp³-hybridized carbons (Fsp3) is 0. The van der Waals surface area contributed by atoms with Gasteiger partial charge in [0.05, 0.1) is 22.1 Å². The summed E-state index contributed by atoms with van der Waals surface area (Å²) in [5.74, 6) is 1.79. The van der Waals surface area contributed by atoms with Crippen LogP contribution in [0.15, 0.2) is 194 Å². The molecule has 12 rings (SSSR count). The van der Waals surface area contributed by atoms with Crippen molar-refractivity contribution in [2.75, 3.05) is 0 Å². The Morgan fingerprint density at radius 2 is 0.818 bits per heavy atom. The summed E-state index contributed by atoms with van der Waals surface area (Å²) < 4.78 is 11.5. The molecule has 2 aromatic heterocycles. The lowest BCUT2D eigenvalue weighted by Gasteiger charge is -2.22. The first-order chi connectivity index (χ1) is 27.3. The quantitative estimate of drug-likeness (QED) is 0.179. The second-order valence-electron chi connectivity index (χ2n) is 14.5. The van der Waals surface area contributed by atoms with Gasteiger partial charge in [-0.05, 0) is 93.9 Å². The minimum Gasteiger partial charge on any atom is -0.456 e. The third kappa shape index (κ3) is 4.44. The van der Waals surface area contributed by atoms with E-state index in [1.165, 1.54) is 76.7 Å². The van der Waals surface area contributed by atoms with Crippen LogP contribution in [0.5, 0.6) is 11.5 Å². The fourth-order valence-corrected chi connectivity index (χ4v) is 9.05. The molecule has 0 saturated heterocycles. The zero-order valence-corrected chi connectivity index (χ0v) is 29.8. The predicted octanol–water partition coefficient (Wildman–Crippen LogP) is 14.1. The molecule has 256 valence electrons. The summed E-state index contributed by atoms with van der Waals surface area (Å²) in [4.78, 5) is 0. The molecule has 3 heteroatoms. The van der Waals surface area contributed by atoms with Crippen molar-refractivity contribution in [3.8, 4) is 56.3 Å². The number of nitrogens with zero attached hydrogens (tertiary/aromatic N) is 2. The second kappa shape index (κ2) is 11.6. The number of hydrogen-bond donors (Lipinski definition) is 0. The molecule has 0 spiro atoms. The van der Waals surface area contributed by atoms with Gasteiger partial charge in [-0.15, -0.1) is 0 Å². The molecule has 55 heavy (non-hydrogen) atoms. The third-order valence-electron chi connectivity index (χ3n) is 11.5. The van der Waals surface area contributed by atoms with Crippen LogP contribution in [0, 0.1) is 0 Å². The Morgan fingerprint density at radius 1 is 0.291 bits per heavy atom. The van der Waals surface area contributed by atoms with Crippen LogP contribution in [0.3, 0.4) is 0 Å². The van der Waals surface area contributed by atoms with Crippen LogP contribution in [0.25, 0.3) is 99.1 Å². The molecule has 0 bridgehead atoms. The van der Waals surface area contributed by atoms with Crippen molar-refractivity contribution in [3.05, 3.63) is 194 Å². The normalized spacial score (nSPS) is 12.1. The van der Waals surface area contributed by atoms with E-state index in [0.717, 1.165) is 34.0 Å². The highest BCUT2D eigenvalue weighted by Gasteiger charge is 2.24. The summed E-state index contributed by atoms with van der Waals surface area (Å²) in [6.45, 7) is 0. The maximum Gasteiger partial charge on any atom is 0.138 e. The van der Waals surface area contributed by atoms with E-state index in [0.29, 0.717) is 0 Å². The molecule has 0 unspecified atom stereocenters. The molecule has 0 N–H and O–H groups in total. The van der Waals surface area contributed by atoms with E-state index in [9.17, 15) is 0 Å². The zero-order chi connectivity index (χ0) is 36.0. The summed E-state index contributed by atoms with van der Waals surface area (Å²) in [6.07, 6.45) is 0. The molecule has 0 saturated carbocycles. The predicted molar refractivity (Wildman–Crippen MR) is 229 cm³/mol. The Morgan fingerprint density at radius 3 is 1.49 bits per heavy atom.